The first kappa shape index (κ1) is 17.8. The molecular formula is C17H27N3O2S. The molecule has 1 aromatic carbocycles. The summed E-state index contributed by atoms with van der Waals surface area (Å²) in [5, 5.41) is 6.68. The Bertz CT molecular complexity index is 547. The zero-order valence-corrected chi connectivity index (χ0v) is 15.3. The molecule has 0 aliphatic carbocycles. The maximum Gasteiger partial charge on any atom is 0.231 e. The van der Waals surface area contributed by atoms with E-state index in [4.69, 9.17) is 9.47 Å². The fourth-order valence-electron chi connectivity index (χ4n) is 2.10. The molecule has 1 aliphatic rings. The number of benzene rings is 1. The Kier molecular flexibility index (Phi) is 6.45. The second-order valence-electron chi connectivity index (χ2n) is 6.02. The highest BCUT2D eigenvalue weighted by Crippen LogP contribution is 2.32. The van der Waals surface area contributed by atoms with Crippen LogP contribution < -0.4 is 20.1 Å². The van der Waals surface area contributed by atoms with Crippen molar-refractivity contribution >= 4 is 17.7 Å². The van der Waals surface area contributed by atoms with Crippen LogP contribution in [-0.2, 0) is 6.42 Å². The molecule has 2 N–H and O–H groups in total. The lowest BCUT2D eigenvalue weighted by Gasteiger charge is -2.20. The van der Waals surface area contributed by atoms with Crippen molar-refractivity contribution in [2.75, 3.05) is 32.7 Å². The van der Waals surface area contributed by atoms with Crippen LogP contribution in [0, 0.1) is 0 Å². The molecule has 0 saturated carbocycles. The predicted molar refractivity (Wildman–Crippen MR) is 97.8 cm³/mol. The number of aliphatic imine (C=N–C) groups is 1. The van der Waals surface area contributed by atoms with Crippen LogP contribution >= 0.6 is 11.8 Å². The molecule has 6 heteroatoms. The van der Waals surface area contributed by atoms with Crippen molar-refractivity contribution in [3.63, 3.8) is 0 Å². The van der Waals surface area contributed by atoms with Gasteiger partial charge in [0.1, 0.15) is 0 Å². The Morgan fingerprint density at radius 2 is 2.04 bits per heavy atom. The van der Waals surface area contributed by atoms with E-state index in [0.29, 0.717) is 6.79 Å². The van der Waals surface area contributed by atoms with Gasteiger partial charge in [-0.1, -0.05) is 6.07 Å². The first-order chi connectivity index (χ1) is 11.0. The Balaban J connectivity index is 1.85. The Morgan fingerprint density at radius 3 is 2.78 bits per heavy atom. The normalized spacial score (nSPS) is 14.0. The van der Waals surface area contributed by atoms with Gasteiger partial charge in [0.2, 0.25) is 6.79 Å². The monoisotopic (exact) mass is 337 g/mol. The van der Waals surface area contributed by atoms with E-state index in [1.807, 2.05) is 23.9 Å². The maximum atomic E-state index is 5.41. The standard InChI is InChI=1S/C17H27N3O2S/c1-5-18-16(20-11-17(2,3)23-4)19-9-8-13-6-7-14-15(10-13)22-12-21-14/h6-7,10H,5,8-9,11-12H2,1-4H3,(H2,18,19,20). The summed E-state index contributed by atoms with van der Waals surface area (Å²) in [5.74, 6) is 2.54. The van der Waals surface area contributed by atoms with Crippen LogP contribution in [0.3, 0.4) is 0 Å². The van der Waals surface area contributed by atoms with Crippen LogP contribution in [-0.4, -0.2) is 43.4 Å². The van der Waals surface area contributed by atoms with Gasteiger partial charge in [-0.2, -0.15) is 11.8 Å². The molecule has 0 aromatic heterocycles. The zero-order valence-electron chi connectivity index (χ0n) is 14.4. The molecule has 2 rings (SSSR count). The van der Waals surface area contributed by atoms with Crippen molar-refractivity contribution in [1.82, 2.24) is 10.6 Å². The number of thioether (sulfide) groups is 1. The fourth-order valence-corrected chi connectivity index (χ4v) is 2.29. The smallest absolute Gasteiger partial charge is 0.231 e. The first-order valence-electron chi connectivity index (χ1n) is 8.00. The van der Waals surface area contributed by atoms with Gasteiger partial charge >= 0.3 is 0 Å². The number of fused-ring (bicyclic) bond motifs is 1. The van der Waals surface area contributed by atoms with Gasteiger partial charge in [-0.3, -0.25) is 4.99 Å². The first-order valence-corrected chi connectivity index (χ1v) is 9.22. The maximum absolute atomic E-state index is 5.41. The van der Waals surface area contributed by atoms with Gasteiger partial charge in [0, 0.05) is 17.8 Å². The summed E-state index contributed by atoms with van der Waals surface area (Å²) in [6.45, 7) is 9.27. The van der Waals surface area contributed by atoms with Crippen molar-refractivity contribution < 1.29 is 9.47 Å². The molecule has 0 bridgehead atoms. The van der Waals surface area contributed by atoms with Crippen LogP contribution in [0.5, 0.6) is 11.5 Å². The lowest BCUT2D eigenvalue weighted by molar-refractivity contribution is 0.174. The summed E-state index contributed by atoms with van der Waals surface area (Å²) < 4.78 is 10.9. The molecule has 1 aliphatic heterocycles. The second kappa shape index (κ2) is 8.34. The molecule has 0 amide bonds. The predicted octanol–water partition coefficient (Wildman–Crippen LogP) is 2.65. The zero-order chi connectivity index (χ0) is 16.7. The third-order valence-electron chi connectivity index (χ3n) is 3.66. The minimum atomic E-state index is 0.152. The molecule has 0 unspecified atom stereocenters. The van der Waals surface area contributed by atoms with Gasteiger partial charge in [0.15, 0.2) is 17.5 Å². The minimum absolute atomic E-state index is 0.152. The van der Waals surface area contributed by atoms with E-state index in [-0.39, 0.29) is 4.75 Å². The molecule has 1 heterocycles. The van der Waals surface area contributed by atoms with Crippen molar-refractivity contribution in [3.8, 4) is 11.5 Å². The quantitative estimate of drug-likeness (QED) is 0.592. The number of hydrogen-bond donors (Lipinski definition) is 2. The van der Waals surface area contributed by atoms with E-state index in [1.54, 1.807) is 0 Å². The van der Waals surface area contributed by atoms with E-state index in [1.165, 1.54) is 5.56 Å². The molecule has 0 radical (unpaired) electrons. The molecule has 0 fully saturated rings. The third-order valence-corrected chi connectivity index (χ3v) is 4.89. The van der Waals surface area contributed by atoms with Gasteiger partial charge in [-0.25, -0.2) is 0 Å². The van der Waals surface area contributed by atoms with Crippen LogP contribution in [0.15, 0.2) is 23.2 Å². The van der Waals surface area contributed by atoms with Crippen LogP contribution in [0.1, 0.15) is 26.3 Å². The van der Waals surface area contributed by atoms with Crippen molar-refractivity contribution in [1.29, 1.82) is 0 Å². The van der Waals surface area contributed by atoms with Crippen LogP contribution in [0.4, 0.5) is 0 Å². The van der Waals surface area contributed by atoms with Gasteiger partial charge in [-0.15, -0.1) is 0 Å². The number of ether oxygens (including phenoxy) is 2. The van der Waals surface area contributed by atoms with Gasteiger partial charge < -0.3 is 20.1 Å². The average molecular weight is 337 g/mol. The largest absolute Gasteiger partial charge is 0.454 e. The van der Waals surface area contributed by atoms with E-state index in [0.717, 1.165) is 43.5 Å². The summed E-state index contributed by atoms with van der Waals surface area (Å²) in [5.41, 5.74) is 1.22. The van der Waals surface area contributed by atoms with Crippen LogP contribution in [0.2, 0.25) is 0 Å². The van der Waals surface area contributed by atoms with Gasteiger partial charge in [0.25, 0.3) is 0 Å². The topological polar surface area (TPSA) is 54.9 Å². The summed E-state index contributed by atoms with van der Waals surface area (Å²) in [6.07, 6.45) is 3.03. The summed E-state index contributed by atoms with van der Waals surface area (Å²) >= 11 is 1.83. The third kappa shape index (κ3) is 5.53. The van der Waals surface area contributed by atoms with E-state index >= 15 is 0 Å². The van der Waals surface area contributed by atoms with Crippen LogP contribution in [0.25, 0.3) is 0 Å². The molecule has 23 heavy (non-hydrogen) atoms. The van der Waals surface area contributed by atoms with E-state index < -0.39 is 0 Å². The second-order valence-corrected chi connectivity index (χ2v) is 7.54. The Hall–Kier alpha value is -1.56. The van der Waals surface area contributed by atoms with Gasteiger partial charge in [-0.05, 0) is 51.1 Å². The van der Waals surface area contributed by atoms with E-state index in [9.17, 15) is 0 Å². The van der Waals surface area contributed by atoms with Gasteiger partial charge in [0.05, 0.1) is 6.54 Å². The minimum Gasteiger partial charge on any atom is -0.454 e. The van der Waals surface area contributed by atoms with Crippen molar-refractivity contribution in [2.45, 2.75) is 31.9 Å². The number of nitrogens with zero attached hydrogens (tertiary/aromatic N) is 1. The molecular weight excluding hydrogens is 310 g/mol. The van der Waals surface area contributed by atoms with Crippen molar-refractivity contribution in [2.24, 2.45) is 4.99 Å². The Labute approximate surface area is 143 Å². The molecule has 5 nitrogen and oxygen atoms in total. The summed E-state index contributed by atoms with van der Waals surface area (Å²) in [6, 6.07) is 6.10. The highest BCUT2D eigenvalue weighted by molar-refractivity contribution is 7.99. The number of hydrogen-bond acceptors (Lipinski definition) is 4. The molecule has 0 spiro atoms. The average Bonchev–Trinajstić information content (AvgIpc) is 3.00. The molecule has 0 atom stereocenters. The highest BCUT2D eigenvalue weighted by Gasteiger charge is 2.15. The lowest BCUT2D eigenvalue weighted by atomic mass is 10.1. The van der Waals surface area contributed by atoms with E-state index in [2.05, 4.69) is 48.7 Å². The molecule has 1 aromatic rings. The molecule has 128 valence electrons. The van der Waals surface area contributed by atoms with Crippen molar-refractivity contribution in [3.05, 3.63) is 23.8 Å². The summed E-state index contributed by atoms with van der Waals surface area (Å²) in [4.78, 5) is 4.67. The Morgan fingerprint density at radius 1 is 1.26 bits per heavy atom. The lowest BCUT2D eigenvalue weighted by Crippen LogP contribution is -2.39. The number of nitrogens with one attached hydrogen (secondary N) is 2. The fraction of sp³-hybridized carbons (Fsp3) is 0.588. The summed E-state index contributed by atoms with van der Waals surface area (Å²) in [7, 11) is 0. The molecule has 0 saturated heterocycles. The highest BCUT2D eigenvalue weighted by atomic mass is 32.2. The SMILES string of the molecule is CCNC(=NCC(C)(C)SC)NCCc1ccc2c(c1)OCO2. The number of guanidine groups is 1. The number of rotatable bonds is 7.